The second-order valence-electron chi connectivity index (χ2n) is 10.6. The Bertz CT molecular complexity index is 1350. The molecule has 1 aromatic carbocycles. The van der Waals surface area contributed by atoms with E-state index >= 15 is 0 Å². The third kappa shape index (κ3) is 5.72. The smallest absolute Gasteiger partial charge is 0.227 e. The summed E-state index contributed by atoms with van der Waals surface area (Å²) in [5, 5.41) is 4.29. The van der Waals surface area contributed by atoms with Gasteiger partial charge in [0.2, 0.25) is 5.95 Å². The number of carbonyl (C=O) groups excluding carboxylic acids is 1. The zero-order valence-electron chi connectivity index (χ0n) is 21.2. The SMILES string of the molecule is O=C(CC1CCC(CN2CCCC2)CC1)c1cc2cc(Nc3nccc(-c4ccccn4)n3)ccc2[nH]1. The van der Waals surface area contributed by atoms with Gasteiger partial charge in [0.05, 0.1) is 17.1 Å². The van der Waals surface area contributed by atoms with Crippen LogP contribution in [0.15, 0.2) is 60.9 Å². The number of nitrogens with zero attached hydrogens (tertiary/aromatic N) is 4. The first-order valence-electron chi connectivity index (χ1n) is 13.6. The summed E-state index contributed by atoms with van der Waals surface area (Å²) in [6.45, 7) is 3.82. The molecule has 7 heteroatoms. The van der Waals surface area contributed by atoms with Crippen molar-refractivity contribution < 1.29 is 4.79 Å². The van der Waals surface area contributed by atoms with Crippen LogP contribution in [0.1, 0.15) is 55.4 Å². The highest BCUT2D eigenvalue weighted by Crippen LogP contribution is 2.33. The first-order valence-corrected chi connectivity index (χ1v) is 13.6. The molecule has 0 radical (unpaired) electrons. The summed E-state index contributed by atoms with van der Waals surface area (Å²) in [6, 6.07) is 15.6. The molecule has 0 bridgehead atoms. The minimum atomic E-state index is 0.222. The summed E-state index contributed by atoms with van der Waals surface area (Å²) in [6.07, 6.45) is 11.7. The molecule has 0 amide bonds. The summed E-state index contributed by atoms with van der Waals surface area (Å²) in [5.74, 6) is 2.06. The number of anilines is 2. The third-order valence-corrected chi connectivity index (χ3v) is 7.92. The molecular formula is C30H34N6O. The fourth-order valence-electron chi connectivity index (χ4n) is 5.89. The van der Waals surface area contributed by atoms with Crippen LogP contribution >= 0.6 is 0 Å². The fourth-order valence-corrected chi connectivity index (χ4v) is 5.89. The zero-order chi connectivity index (χ0) is 25.0. The van der Waals surface area contributed by atoms with Gasteiger partial charge in [0.25, 0.3) is 0 Å². The van der Waals surface area contributed by atoms with E-state index in [1.54, 1.807) is 12.4 Å². The van der Waals surface area contributed by atoms with Crippen molar-refractivity contribution in [3.8, 4) is 11.4 Å². The quantitative estimate of drug-likeness (QED) is 0.282. The number of Topliss-reactive ketones (excluding diaryl/α,β-unsaturated/α-hetero) is 1. The maximum Gasteiger partial charge on any atom is 0.227 e. The van der Waals surface area contributed by atoms with Crippen LogP contribution in [0, 0.1) is 11.8 Å². The van der Waals surface area contributed by atoms with Gasteiger partial charge in [-0.05, 0) is 106 Å². The number of aromatic amines is 1. The average molecular weight is 495 g/mol. The molecule has 4 heterocycles. The van der Waals surface area contributed by atoms with Crippen LogP contribution in [0.5, 0.6) is 0 Å². The first kappa shape index (κ1) is 23.8. The van der Waals surface area contributed by atoms with E-state index in [9.17, 15) is 4.79 Å². The van der Waals surface area contributed by atoms with Crippen LogP contribution in [0.25, 0.3) is 22.3 Å². The molecule has 4 aromatic rings. The van der Waals surface area contributed by atoms with Crippen LogP contribution in [0.3, 0.4) is 0 Å². The minimum absolute atomic E-state index is 0.222. The largest absolute Gasteiger partial charge is 0.352 e. The molecule has 2 aliphatic rings. The number of ketones is 1. The lowest BCUT2D eigenvalue weighted by atomic mass is 9.79. The van der Waals surface area contributed by atoms with Gasteiger partial charge in [-0.3, -0.25) is 9.78 Å². The molecule has 2 fully saturated rings. The maximum absolute atomic E-state index is 13.1. The molecule has 1 aliphatic heterocycles. The molecule has 1 saturated heterocycles. The number of H-pyrrole nitrogens is 1. The Morgan fingerprint density at radius 3 is 2.57 bits per heavy atom. The van der Waals surface area contributed by atoms with E-state index in [2.05, 4.69) is 30.2 Å². The standard InChI is InChI=1S/C30H34N6O/c37-29(17-21-6-8-22(9-7-21)20-36-15-3-4-16-36)28-19-23-18-24(10-11-25(23)34-28)33-30-32-14-12-27(35-30)26-5-1-2-13-31-26/h1-2,5,10-14,18-19,21-22,34H,3-4,6-9,15-17,20H2,(H,32,33,35). The van der Waals surface area contributed by atoms with E-state index < -0.39 is 0 Å². The first-order chi connectivity index (χ1) is 18.2. The molecule has 0 spiro atoms. The lowest BCUT2D eigenvalue weighted by Crippen LogP contribution is -2.29. The Morgan fingerprint density at radius 2 is 1.76 bits per heavy atom. The number of likely N-dealkylation sites (tertiary alicyclic amines) is 1. The van der Waals surface area contributed by atoms with Gasteiger partial charge in [-0.2, -0.15) is 0 Å². The number of rotatable bonds is 8. The van der Waals surface area contributed by atoms with Gasteiger partial charge in [-0.1, -0.05) is 6.07 Å². The average Bonchev–Trinajstić information content (AvgIpc) is 3.60. The molecule has 7 nitrogen and oxygen atoms in total. The van der Waals surface area contributed by atoms with Crippen molar-refractivity contribution in [2.24, 2.45) is 11.8 Å². The summed E-state index contributed by atoms with van der Waals surface area (Å²) in [5.41, 5.74) is 4.11. The molecule has 6 rings (SSSR count). The van der Waals surface area contributed by atoms with Crippen molar-refractivity contribution >= 4 is 28.3 Å². The molecule has 1 saturated carbocycles. The van der Waals surface area contributed by atoms with Crippen LogP contribution in [0.4, 0.5) is 11.6 Å². The van der Waals surface area contributed by atoms with Gasteiger partial charge < -0.3 is 15.2 Å². The number of hydrogen-bond donors (Lipinski definition) is 2. The Morgan fingerprint density at radius 1 is 0.919 bits per heavy atom. The minimum Gasteiger partial charge on any atom is -0.352 e. The summed E-state index contributed by atoms with van der Waals surface area (Å²) < 4.78 is 0. The van der Waals surface area contributed by atoms with E-state index in [4.69, 9.17) is 0 Å². The normalized spacial score (nSPS) is 20.3. The van der Waals surface area contributed by atoms with Gasteiger partial charge in [0, 0.05) is 41.9 Å². The van der Waals surface area contributed by atoms with Gasteiger partial charge in [-0.15, -0.1) is 0 Å². The topological polar surface area (TPSA) is 86.8 Å². The zero-order valence-corrected chi connectivity index (χ0v) is 21.2. The fraction of sp³-hybridized carbons (Fsp3) is 0.400. The second-order valence-corrected chi connectivity index (χ2v) is 10.6. The highest BCUT2D eigenvalue weighted by molar-refractivity contribution is 6.00. The Labute approximate surface area is 217 Å². The molecule has 190 valence electrons. The van der Waals surface area contributed by atoms with Crippen LogP contribution < -0.4 is 5.32 Å². The van der Waals surface area contributed by atoms with E-state index in [-0.39, 0.29) is 5.78 Å². The third-order valence-electron chi connectivity index (χ3n) is 7.92. The number of fused-ring (bicyclic) bond motifs is 1. The predicted molar refractivity (Wildman–Crippen MR) is 147 cm³/mol. The molecule has 3 aromatic heterocycles. The van der Waals surface area contributed by atoms with Crippen LogP contribution in [0.2, 0.25) is 0 Å². The van der Waals surface area contributed by atoms with Gasteiger partial charge in [-0.25, -0.2) is 9.97 Å². The van der Waals surface area contributed by atoms with Crippen LogP contribution in [-0.2, 0) is 0 Å². The molecule has 37 heavy (non-hydrogen) atoms. The summed E-state index contributed by atoms with van der Waals surface area (Å²) >= 11 is 0. The lowest BCUT2D eigenvalue weighted by molar-refractivity contribution is 0.0934. The number of nitrogens with one attached hydrogen (secondary N) is 2. The number of hydrogen-bond acceptors (Lipinski definition) is 6. The van der Waals surface area contributed by atoms with Gasteiger partial charge in [0.1, 0.15) is 0 Å². The number of pyridine rings is 1. The molecule has 2 N–H and O–H groups in total. The molecule has 0 atom stereocenters. The number of benzene rings is 1. The summed E-state index contributed by atoms with van der Waals surface area (Å²) in [4.78, 5) is 32.4. The highest BCUT2D eigenvalue weighted by Gasteiger charge is 2.26. The Hall–Kier alpha value is -3.58. The van der Waals surface area contributed by atoms with E-state index in [1.807, 2.05) is 48.5 Å². The lowest BCUT2D eigenvalue weighted by Gasteiger charge is -2.30. The predicted octanol–water partition coefficient (Wildman–Crippen LogP) is 6.24. The van der Waals surface area contributed by atoms with Gasteiger partial charge in [0.15, 0.2) is 5.78 Å². The van der Waals surface area contributed by atoms with Crippen molar-refractivity contribution in [3.63, 3.8) is 0 Å². The Balaban J connectivity index is 1.07. The van der Waals surface area contributed by atoms with Crippen molar-refractivity contribution in [2.45, 2.75) is 44.9 Å². The molecular weight excluding hydrogens is 460 g/mol. The monoisotopic (exact) mass is 494 g/mol. The molecule has 0 unspecified atom stereocenters. The number of aromatic nitrogens is 4. The number of carbonyl (C=O) groups is 1. The van der Waals surface area contributed by atoms with Crippen molar-refractivity contribution in [1.82, 2.24) is 24.8 Å². The van der Waals surface area contributed by atoms with Crippen molar-refractivity contribution in [2.75, 3.05) is 25.0 Å². The van der Waals surface area contributed by atoms with E-state index in [1.165, 1.54) is 58.2 Å². The highest BCUT2D eigenvalue weighted by atomic mass is 16.1. The summed E-state index contributed by atoms with van der Waals surface area (Å²) in [7, 11) is 0. The maximum atomic E-state index is 13.1. The Kier molecular flexibility index (Phi) is 6.95. The van der Waals surface area contributed by atoms with Crippen molar-refractivity contribution in [1.29, 1.82) is 0 Å². The van der Waals surface area contributed by atoms with Crippen molar-refractivity contribution in [3.05, 3.63) is 66.6 Å². The second kappa shape index (κ2) is 10.8. The molecule has 1 aliphatic carbocycles. The van der Waals surface area contributed by atoms with E-state index in [0.717, 1.165) is 33.9 Å². The van der Waals surface area contributed by atoms with E-state index in [0.29, 0.717) is 24.0 Å². The van der Waals surface area contributed by atoms with Crippen LogP contribution in [-0.4, -0.2) is 50.3 Å². The van der Waals surface area contributed by atoms with Gasteiger partial charge >= 0.3 is 0 Å².